The van der Waals surface area contributed by atoms with E-state index in [1.165, 1.54) is 0 Å². The topological polar surface area (TPSA) is 50.7 Å². The second kappa shape index (κ2) is 6.22. The third kappa shape index (κ3) is 2.32. The average molecular weight is 391 g/mol. The van der Waals surface area contributed by atoms with Gasteiger partial charge in [-0.05, 0) is 56.0 Å². The molecule has 0 spiro atoms. The zero-order valence-electron chi connectivity index (χ0n) is 14.5. The predicted octanol–water partition coefficient (Wildman–Crippen LogP) is 5.03. The lowest BCUT2D eigenvalue weighted by molar-refractivity contribution is -0.124. The number of carbonyl (C=O) groups excluding carboxylic acids is 1. The standard InChI is InChI=1S/C20H20Cl2N2O2/c1-3-23-9-8-12(2)19-11-20(19,17-7-6-16(19)26-17)18(25)24-13-4-5-14(21)15(22)10-13/h3-5,8-10,16-17H,2,6-7,11H2,1H3,(H,24,25)/b9-8-,23-3?/t16-,17+,19+,20+/m0/s1. The van der Waals surface area contributed by atoms with E-state index in [0.29, 0.717) is 15.7 Å². The summed E-state index contributed by atoms with van der Waals surface area (Å²) in [5.74, 6) is -0.0309. The van der Waals surface area contributed by atoms with Crippen LogP contribution in [0.4, 0.5) is 5.69 Å². The molecule has 3 aliphatic rings. The smallest absolute Gasteiger partial charge is 0.234 e. The molecular weight excluding hydrogens is 371 g/mol. The van der Waals surface area contributed by atoms with Crippen LogP contribution in [-0.4, -0.2) is 24.3 Å². The number of ether oxygens (including phenoxy) is 1. The number of nitrogens with one attached hydrogen (secondary N) is 1. The first kappa shape index (κ1) is 17.8. The first-order valence-corrected chi connectivity index (χ1v) is 9.47. The van der Waals surface area contributed by atoms with Crippen molar-refractivity contribution in [1.29, 1.82) is 0 Å². The van der Waals surface area contributed by atoms with Crippen LogP contribution >= 0.6 is 23.2 Å². The summed E-state index contributed by atoms with van der Waals surface area (Å²) in [7, 11) is 0. The quantitative estimate of drug-likeness (QED) is 0.565. The molecule has 1 N–H and O–H groups in total. The Kier molecular flexibility index (Phi) is 4.25. The average Bonchev–Trinajstić information content (AvgIpc) is 3.03. The molecule has 4 atom stereocenters. The molecule has 26 heavy (non-hydrogen) atoms. The molecule has 136 valence electrons. The summed E-state index contributed by atoms with van der Waals surface area (Å²) in [5.41, 5.74) is 0.675. The summed E-state index contributed by atoms with van der Waals surface area (Å²) in [6, 6.07) is 5.10. The Labute approximate surface area is 162 Å². The Bertz CT molecular complexity index is 850. The van der Waals surface area contributed by atoms with Gasteiger partial charge in [-0.3, -0.25) is 9.79 Å². The SMILES string of the molecule is C=C(/C=C\N=CC)[C@@]12C[C@]1(C(=O)Nc1ccc(Cl)c(Cl)c1)[C@H]1CC[C@@H]2O1. The number of allylic oxidation sites excluding steroid dienone is 1. The van der Waals surface area contributed by atoms with Crippen molar-refractivity contribution in [3.8, 4) is 0 Å². The van der Waals surface area contributed by atoms with Crippen LogP contribution in [0, 0.1) is 10.8 Å². The van der Waals surface area contributed by atoms with Gasteiger partial charge >= 0.3 is 0 Å². The number of carbonyl (C=O) groups is 1. The Balaban J connectivity index is 1.61. The largest absolute Gasteiger partial charge is 0.373 e. The number of amides is 1. The van der Waals surface area contributed by atoms with Crippen LogP contribution in [0.1, 0.15) is 26.2 Å². The van der Waals surface area contributed by atoms with Crippen LogP contribution < -0.4 is 5.32 Å². The number of aliphatic imine (C=N–C) groups is 1. The van der Waals surface area contributed by atoms with Gasteiger partial charge in [-0.2, -0.15) is 0 Å². The van der Waals surface area contributed by atoms with Crippen molar-refractivity contribution in [2.45, 2.75) is 38.4 Å². The number of fused-ring (bicyclic) bond motifs is 5. The zero-order chi connectivity index (χ0) is 18.5. The molecule has 3 fully saturated rings. The Morgan fingerprint density at radius 3 is 2.73 bits per heavy atom. The summed E-state index contributed by atoms with van der Waals surface area (Å²) < 4.78 is 6.13. The summed E-state index contributed by atoms with van der Waals surface area (Å²) in [5, 5.41) is 3.88. The van der Waals surface area contributed by atoms with Crippen LogP contribution in [0.15, 0.2) is 47.6 Å². The highest BCUT2D eigenvalue weighted by Gasteiger charge is 2.85. The molecule has 1 aromatic carbocycles. The molecule has 2 aliphatic heterocycles. The van der Waals surface area contributed by atoms with Crippen molar-refractivity contribution in [2.24, 2.45) is 15.8 Å². The molecule has 2 heterocycles. The van der Waals surface area contributed by atoms with Gasteiger partial charge in [0, 0.05) is 23.5 Å². The first-order chi connectivity index (χ1) is 12.5. The fraction of sp³-hybridized carbons (Fsp3) is 0.400. The number of hydrogen-bond donors (Lipinski definition) is 1. The third-order valence-corrected chi connectivity index (χ3v) is 6.75. The fourth-order valence-corrected chi connectivity index (χ4v) is 5.08. The van der Waals surface area contributed by atoms with Gasteiger partial charge in [-0.25, -0.2) is 0 Å². The number of rotatable bonds is 5. The highest BCUT2D eigenvalue weighted by atomic mass is 35.5. The maximum Gasteiger partial charge on any atom is 0.234 e. The van der Waals surface area contributed by atoms with Crippen molar-refractivity contribution in [3.63, 3.8) is 0 Å². The van der Waals surface area contributed by atoms with Gasteiger partial charge in [0.05, 0.1) is 27.7 Å². The van der Waals surface area contributed by atoms with Crippen LogP contribution in [0.25, 0.3) is 0 Å². The van der Waals surface area contributed by atoms with E-state index in [2.05, 4.69) is 16.9 Å². The first-order valence-electron chi connectivity index (χ1n) is 8.71. The van der Waals surface area contributed by atoms with Gasteiger partial charge in [0.15, 0.2) is 0 Å². The zero-order valence-corrected chi connectivity index (χ0v) is 16.0. The van der Waals surface area contributed by atoms with E-state index >= 15 is 0 Å². The van der Waals surface area contributed by atoms with Crippen LogP contribution in [0.2, 0.25) is 10.0 Å². The van der Waals surface area contributed by atoms with Gasteiger partial charge < -0.3 is 10.1 Å². The Hall–Kier alpha value is -1.62. The lowest BCUT2D eigenvalue weighted by Gasteiger charge is -2.27. The minimum Gasteiger partial charge on any atom is -0.373 e. The van der Waals surface area contributed by atoms with Gasteiger partial charge in [0.25, 0.3) is 0 Å². The minimum absolute atomic E-state index is 0.0309. The number of halogens is 2. The van der Waals surface area contributed by atoms with E-state index in [1.54, 1.807) is 30.6 Å². The predicted molar refractivity (Wildman–Crippen MR) is 105 cm³/mol. The molecule has 2 bridgehead atoms. The van der Waals surface area contributed by atoms with Crippen molar-refractivity contribution < 1.29 is 9.53 Å². The molecule has 4 rings (SSSR count). The highest BCUT2D eigenvalue weighted by molar-refractivity contribution is 6.42. The van der Waals surface area contributed by atoms with Crippen molar-refractivity contribution in [3.05, 3.63) is 52.7 Å². The molecule has 2 saturated heterocycles. The molecule has 0 aromatic heterocycles. The number of nitrogens with zero attached hydrogens (tertiary/aromatic N) is 1. The maximum atomic E-state index is 13.2. The number of anilines is 1. The van der Waals surface area contributed by atoms with Crippen molar-refractivity contribution in [2.75, 3.05) is 5.32 Å². The van der Waals surface area contributed by atoms with Crippen molar-refractivity contribution >= 4 is 41.0 Å². The van der Waals surface area contributed by atoms with Gasteiger partial charge in [0.2, 0.25) is 5.91 Å². The molecule has 1 amide bonds. The molecular formula is C20H20Cl2N2O2. The third-order valence-electron chi connectivity index (χ3n) is 6.01. The monoisotopic (exact) mass is 390 g/mol. The van der Waals surface area contributed by atoms with Crippen molar-refractivity contribution in [1.82, 2.24) is 0 Å². The lowest BCUT2D eigenvalue weighted by atomic mass is 9.75. The second-order valence-electron chi connectivity index (χ2n) is 7.14. The number of benzene rings is 1. The van der Waals surface area contributed by atoms with E-state index in [-0.39, 0.29) is 23.5 Å². The minimum atomic E-state index is -0.556. The molecule has 0 unspecified atom stereocenters. The van der Waals surface area contributed by atoms with E-state index < -0.39 is 5.41 Å². The van der Waals surface area contributed by atoms with E-state index in [1.807, 2.05) is 13.0 Å². The van der Waals surface area contributed by atoms with E-state index in [9.17, 15) is 4.79 Å². The fourth-order valence-electron chi connectivity index (χ4n) is 4.78. The van der Waals surface area contributed by atoms with Gasteiger partial charge in [0.1, 0.15) is 0 Å². The molecule has 1 aromatic rings. The number of hydrogen-bond acceptors (Lipinski definition) is 3. The normalized spacial score (nSPS) is 34.4. The Morgan fingerprint density at radius 2 is 2.04 bits per heavy atom. The summed E-state index contributed by atoms with van der Waals surface area (Å²) in [6.07, 6.45) is 7.98. The maximum absolute atomic E-state index is 13.2. The van der Waals surface area contributed by atoms with E-state index in [0.717, 1.165) is 24.8 Å². The molecule has 1 saturated carbocycles. The van der Waals surface area contributed by atoms with Crippen LogP contribution in [-0.2, 0) is 9.53 Å². The molecule has 6 heteroatoms. The van der Waals surface area contributed by atoms with Crippen LogP contribution in [0.3, 0.4) is 0 Å². The Morgan fingerprint density at radius 1 is 1.31 bits per heavy atom. The summed E-state index contributed by atoms with van der Waals surface area (Å²) in [4.78, 5) is 17.4. The second-order valence-corrected chi connectivity index (χ2v) is 7.96. The highest BCUT2D eigenvalue weighted by Crippen LogP contribution is 2.80. The van der Waals surface area contributed by atoms with Gasteiger partial charge in [-0.15, -0.1) is 0 Å². The summed E-state index contributed by atoms with van der Waals surface area (Å²) >= 11 is 12.0. The molecule has 1 aliphatic carbocycles. The molecule has 4 nitrogen and oxygen atoms in total. The van der Waals surface area contributed by atoms with Crippen LogP contribution in [0.5, 0.6) is 0 Å². The molecule has 0 radical (unpaired) electrons. The lowest BCUT2D eigenvalue weighted by Crippen LogP contribution is -2.38. The van der Waals surface area contributed by atoms with E-state index in [4.69, 9.17) is 27.9 Å². The summed E-state index contributed by atoms with van der Waals surface area (Å²) in [6.45, 7) is 6.10. The van der Waals surface area contributed by atoms with Gasteiger partial charge in [-0.1, -0.05) is 29.8 Å².